The minimum atomic E-state index is -4.69. The van der Waals surface area contributed by atoms with Gasteiger partial charge >= 0.3 is 6.18 Å². The number of hydrogen-bond donors (Lipinski definition) is 2. The summed E-state index contributed by atoms with van der Waals surface area (Å²) in [6.45, 7) is 7.09. The summed E-state index contributed by atoms with van der Waals surface area (Å²) < 4.78 is 75.3. The first-order chi connectivity index (χ1) is 19.3. The van der Waals surface area contributed by atoms with Crippen molar-refractivity contribution < 1.29 is 26.6 Å². The molecule has 0 aliphatic carbocycles. The van der Waals surface area contributed by atoms with Gasteiger partial charge in [-0.05, 0) is 42.8 Å². The topological polar surface area (TPSA) is 115 Å². The molecule has 0 aliphatic rings. The Kier molecular flexibility index (Phi) is 8.20. The normalized spacial score (nSPS) is 12.0. The summed E-state index contributed by atoms with van der Waals surface area (Å²) in [5.74, 6) is -0.799. The highest BCUT2D eigenvalue weighted by Gasteiger charge is 2.34. The minimum absolute atomic E-state index is 0.0910. The lowest BCUT2D eigenvalue weighted by atomic mass is 9.98. The van der Waals surface area contributed by atoms with Crippen molar-refractivity contribution in [1.82, 2.24) is 14.5 Å². The molecule has 3 N–H and O–H groups in total. The van der Waals surface area contributed by atoms with E-state index in [1.807, 2.05) is 0 Å². The summed E-state index contributed by atoms with van der Waals surface area (Å²) in [5.41, 5.74) is 7.01. The maximum atomic E-state index is 15.7. The van der Waals surface area contributed by atoms with Crippen LogP contribution in [-0.4, -0.2) is 42.3 Å². The van der Waals surface area contributed by atoms with Crippen molar-refractivity contribution in [2.24, 2.45) is 4.36 Å². The van der Waals surface area contributed by atoms with Gasteiger partial charge in [-0.15, -0.1) is 0 Å². The van der Waals surface area contributed by atoms with Crippen LogP contribution >= 0.6 is 0 Å². The molecule has 0 atom stereocenters. The number of nitrogen functional groups attached to an aromatic ring is 1. The van der Waals surface area contributed by atoms with E-state index in [1.165, 1.54) is 19.1 Å². The number of aromatic nitrogens is 3. The third-order valence-electron chi connectivity index (χ3n) is 6.41. The third-order valence-corrected chi connectivity index (χ3v) is 8.75. The Bertz CT molecular complexity index is 1760. The van der Waals surface area contributed by atoms with Crippen LogP contribution in [0.4, 0.5) is 34.8 Å². The van der Waals surface area contributed by atoms with Gasteiger partial charge in [0, 0.05) is 33.9 Å². The Morgan fingerprint density at radius 1 is 1.12 bits per heavy atom. The number of carbonyl (C=O) groups is 1. The smallest absolute Gasteiger partial charge is 0.383 e. The molecule has 2 aromatic heterocycles. The quantitative estimate of drug-likeness (QED) is 0.176. The summed E-state index contributed by atoms with van der Waals surface area (Å²) in [6.07, 6.45) is -3.65. The first kappa shape index (κ1) is 29.7. The molecule has 2 aromatic carbocycles. The molecule has 41 heavy (non-hydrogen) atoms. The SMILES string of the molecule is C=C(C)C(=O)Nc1ccc(-c2c(-c3ccc(N=S(=O)(CC)CC)cc3)c3c(N)ncnc3n2CC(F)(F)F)c(F)c1. The molecule has 0 bridgehead atoms. The Balaban J connectivity index is 2.01. The van der Waals surface area contributed by atoms with Gasteiger partial charge in [0.1, 0.15) is 30.2 Å². The number of anilines is 2. The van der Waals surface area contributed by atoms with Crippen LogP contribution in [0.3, 0.4) is 0 Å². The zero-order chi connectivity index (χ0) is 30.1. The molecular weight excluding hydrogens is 560 g/mol. The first-order valence-corrected chi connectivity index (χ1v) is 14.4. The molecule has 0 fully saturated rings. The molecule has 0 radical (unpaired) electrons. The highest BCUT2D eigenvalue weighted by molar-refractivity contribution is 7.93. The number of fused-ring (bicyclic) bond motifs is 1. The molecule has 0 unspecified atom stereocenters. The molecule has 4 aromatic rings. The number of rotatable bonds is 8. The van der Waals surface area contributed by atoms with E-state index in [9.17, 15) is 22.2 Å². The van der Waals surface area contributed by atoms with Crippen LogP contribution in [0.15, 0.2) is 65.3 Å². The first-order valence-electron chi connectivity index (χ1n) is 12.6. The molecule has 0 aliphatic heterocycles. The highest BCUT2D eigenvalue weighted by Crippen LogP contribution is 2.44. The van der Waals surface area contributed by atoms with Crippen LogP contribution in [0, 0.1) is 5.82 Å². The average Bonchev–Trinajstić information content (AvgIpc) is 3.22. The van der Waals surface area contributed by atoms with E-state index in [1.54, 1.807) is 38.1 Å². The van der Waals surface area contributed by atoms with Gasteiger partial charge in [-0.1, -0.05) is 32.6 Å². The number of carbonyl (C=O) groups excluding carboxylic acids is 1. The van der Waals surface area contributed by atoms with Crippen LogP contribution < -0.4 is 11.1 Å². The second kappa shape index (κ2) is 11.3. The number of nitrogens with two attached hydrogens (primary N) is 1. The number of alkyl halides is 3. The lowest BCUT2D eigenvalue weighted by molar-refractivity contribution is -0.139. The molecule has 13 heteroatoms. The predicted molar refractivity (Wildman–Crippen MR) is 154 cm³/mol. The number of halogens is 4. The molecule has 2 heterocycles. The Morgan fingerprint density at radius 3 is 2.34 bits per heavy atom. The zero-order valence-corrected chi connectivity index (χ0v) is 23.4. The van der Waals surface area contributed by atoms with Crippen LogP contribution in [-0.2, 0) is 21.1 Å². The van der Waals surface area contributed by atoms with Crippen molar-refractivity contribution in [3.05, 3.63) is 66.8 Å². The van der Waals surface area contributed by atoms with E-state index in [0.29, 0.717) is 22.8 Å². The number of benzene rings is 2. The lowest BCUT2D eigenvalue weighted by Crippen LogP contribution is -2.19. The predicted octanol–water partition coefficient (Wildman–Crippen LogP) is 6.70. The maximum absolute atomic E-state index is 15.7. The van der Waals surface area contributed by atoms with Gasteiger partial charge in [-0.25, -0.2) is 18.6 Å². The van der Waals surface area contributed by atoms with Crippen molar-refractivity contribution in [3.8, 4) is 22.4 Å². The molecule has 0 spiro atoms. The average molecular weight is 589 g/mol. The van der Waals surface area contributed by atoms with E-state index in [-0.39, 0.29) is 44.9 Å². The molecular formula is C28H28F4N6O2S. The fraction of sp³-hybridized carbons (Fsp3) is 0.250. The van der Waals surface area contributed by atoms with Gasteiger partial charge in [0.15, 0.2) is 0 Å². The largest absolute Gasteiger partial charge is 0.406 e. The minimum Gasteiger partial charge on any atom is -0.383 e. The van der Waals surface area contributed by atoms with E-state index in [2.05, 4.69) is 26.2 Å². The third kappa shape index (κ3) is 6.24. The van der Waals surface area contributed by atoms with Gasteiger partial charge in [-0.3, -0.25) is 4.79 Å². The van der Waals surface area contributed by atoms with E-state index >= 15 is 4.39 Å². The second-order valence-corrected chi connectivity index (χ2v) is 12.2. The molecule has 1 amide bonds. The zero-order valence-electron chi connectivity index (χ0n) is 22.6. The molecule has 8 nitrogen and oxygen atoms in total. The van der Waals surface area contributed by atoms with Gasteiger partial charge in [-0.2, -0.15) is 17.5 Å². The van der Waals surface area contributed by atoms with Crippen LogP contribution in [0.25, 0.3) is 33.4 Å². The number of nitrogens with zero attached hydrogens (tertiary/aromatic N) is 4. The fourth-order valence-electron chi connectivity index (χ4n) is 4.32. The molecule has 216 valence electrons. The van der Waals surface area contributed by atoms with Crippen molar-refractivity contribution in [2.45, 2.75) is 33.5 Å². The van der Waals surface area contributed by atoms with Gasteiger partial charge in [0.2, 0.25) is 0 Å². The van der Waals surface area contributed by atoms with Crippen molar-refractivity contribution in [2.75, 3.05) is 22.6 Å². The van der Waals surface area contributed by atoms with Crippen LogP contribution in [0.5, 0.6) is 0 Å². The summed E-state index contributed by atoms with van der Waals surface area (Å²) in [5, 5.41) is 2.60. The van der Waals surface area contributed by atoms with Gasteiger partial charge in [0.05, 0.1) is 26.5 Å². The Hall–Kier alpha value is -4.26. The Morgan fingerprint density at radius 2 is 1.78 bits per heavy atom. The van der Waals surface area contributed by atoms with E-state index < -0.39 is 34.2 Å². The standard InChI is InChI=1S/C28H28F4N6O2S/c1-5-41(40,6-2)37-18-9-7-17(8-10-18)22-23-25(33)34-15-35-26(23)38(14-28(30,31)32)24(22)20-12-11-19(13-21(20)29)36-27(39)16(3)4/h7-13,15H,3,5-6,14H2,1-2,4H3,(H,36,39)(H2,33,34,35). The summed E-state index contributed by atoms with van der Waals surface area (Å²) in [6, 6.07) is 10.0. The number of amides is 1. The van der Waals surface area contributed by atoms with Crippen molar-refractivity contribution >= 4 is 43.9 Å². The van der Waals surface area contributed by atoms with E-state index in [4.69, 9.17) is 5.73 Å². The monoisotopic (exact) mass is 588 g/mol. The lowest BCUT2D eigenvalue weighted by Gasteiger charge is -2.16. The Labute approximate surface area is 234 Å². The van der Waals surface area contributed by atoms with Gasteiger partial charge < -0.3 is 15.6 Å². The molecule has 0 saturated carbocycles. The fourth-order valence-corrected chi connectivity index (χ4v) is 5.50. The van der Waals surface area contributed by atoms with Crippen molar-refractivity contribution in [3.63, 3.8) is 0 Å². The number of nitrogens with one attached hydrogen (secondary N) is 1. The van der Waals surface area contributed by atoms with Gasteiger partial charge in [0.25, 0.3) is 5.91 Å². The highest BCUT2D eigenvalue weighted by atomic mass is 32.2. The van der Waals surface area contributed by atoms with Crippen molar-refractivity contribution in [1.29, 1.82) is 0 Å². The number of hydrogen-bond acceptors (Lipinski definition) is 6. The summed E-state index contributed by atoms with van der Waals surface area (Å²) in [4.78, 5) is 20.1. The summed E-state index contributed by atoms with van der Waals surface area (Å²) in [7, 11) is -2.46. The molecule has 4 rings (SSSR count). The van der Waals surface area contributed by atoms with E-state index in [0.717, 1.165) is 17.0 Å². The molecule has 0 saturated heterocycles. The van der Waals surface area contributed by atoms with Crippen LogP contribution in [0.2, 0.25) is 0 Å². The maximum Gasteiger partial charge on any atom is 0.406 e. The second-order valence-electron chi connectivity index (χ2n) is 9.30. The van der Waals surface area contributed by atoms with Crippen LogP contribution in [0.1, 0.15) is 20.8 Å². The summed E-state index contributed by atoms with van der Waals surface area (Å²) >= 11 is 0.